The van der Waals surface area contributed by atoms with E-state index < -0.39 is 5.54 Å². The molecule has 1 aliphatic carbocycles. The molecule has 1 aromatic heterocycles. The van der Waals surface area contributed by atoms with Gasteiger partial charge in [-0.1, -0.05) is 24.3 Å². The van der Waals surface area contributed by atoms with E-state index in [0.29, 0.717) is 30.4 Å². The first-order valence-electron chi connectivity index (χ1n) is 12.3. The fraction of sp³-hybridized carbons (Fsp3) is 0.423. The third-order valence-corrected chi connectivity index (χ3v) is 7.03. The highest BCUT2D eigenvalue weighted by Gasteiger charge is 2.46. The van der Waals surface area contributed by atoms with Crippen molar-refractivity contribution < 1.29 is 14.0 Å². The number of tetrazole rings is 1. The molecule has 1 atom stereocenters. The topological polar surface area (TPSA) is 105 Å². The van der Waals surface area contributed by atoms with Crippen LogP contribution in [0.5, 0.6) is 0 Å². The van der Waals surface area contributed by atoms with Crippen molar-refractivity contribution in [1.29, 1.82) is 0 Å². The first kappa shape index (κ1) is 23.9. The molecule has 5 rings (SSSR count). The lowest BCUT2D eigenvalue weighted by Crippen LogP contribution is -2.46. The zero-order valence-corrected chi connectivity index (χ0v) is 20.3. The van der Waals surface area contributed by atoms with Crippen LogP contribution >= 0.6 is 0 Å². The van der Waals surface area contributed by atoms with Crippen molar-refractivity contribution in [3.05, 3.63) is 59.9 Å². The number of nitrogens with one attached hydrogen (secondary N) is 2. The minimum Gasteiger partial charge on any atom is -0.342 e. The van der Waals surface area contributed by atoms with Crippen molar-refractivity contribution in [2.75, 3.05) is 18.4 Å². The number of amides is 3. The Morgan fingerprint density at radius 1 is 1.17 bits per heavy atom. The van der Waals surface area contributed by atoms with Crippen molar-refractivity contribution in [3.8, 4) is 11.4 Å². The van der Waals surface area contributed by atoms with Crippen LogP contribution in [0, 0.1) is 11.7 Å². The molecule has 3 amide bonds. The number of likely N-dealkylation sites (tertiary alicyclic amines) is 1. The average molecular weight is 492 g/mol. The molecule has 188 valence electrons. The molecular weight excluding hydrogens is 461 g/mol. The van der Waals surface area contributed by atoms with Crippen molar-refractivity contribution in [1.82, 2.24) is 30.4 Å². The molecule has 0 radical (unpaired) electrons. The Kier molecular flexibility index (Phi) is 6.67. The molecule has 1 saturated heterocycles. The largest absolute Gasteiger partial charge is 0.342 e. The molecule has 1 saturated carbocycles. The Bertz CT molecular complexity index is 1240. The Morgan fingerprint density at radius 3 is 2.69 bits per heavy atom. The molecule has 2 aliphatic rings. The smallest absolute Gasteiger partial charge is 0.319 e. The molecule has 1 aliphatic heterocycles. The van der Waals surface area contributed by atoms with Gasteiger partial charge in [0.25, 0.3) is 0 Å². The number of urea groups is 1. The Morgan fingerprint density at radius 2 is 1.97 bits per heavy atom. The molecule has 2 aromatic carbocycles. The molecule has 2 heterocycles. The minimum absolute atomic E-state index is 0.0772. The summed E-state index contributed by atoms with van der Waals surface area (Å²) < 4.78 is 14.8. The summed E-state index contributed by atoms with van der Waals surface area (Å²) in [7, 11) is 1.75. The van der Waals surface area contributed by atoms with Crippen molar-refractivity contribution in [2.45, 2.75) is 44.1 Å². The number of hydrogen-bond donors (Lipinski definition) is 2. The number of hydrogen-bond acceptors (Lipinski definition) is 5. The summed E-state index contributed by atoms with van der Waals surface area (Å²) in [4.78, 5) is 27.8. The van der Waals surface area contributed by atoms with Gasteiger partial charge in [-0.2, -0.15) is 0 Å². The van der Waals surface area contributed by atoms with Crippen molar-refractivity contribution in [2.24, 2.45) is 13.0 Å². The monoisotopic (exact) mass is 491 g/mol. The van der Waals surface area contributed by atoms with Crippen LogP contribution in [0.1, 0.15) is 37.7 Å². The van der Waals surface area contributed by atoms with Gasteiger partial charge in [0.2, 0.25) is 5.91 Å². The SMILES string of the molecule is Cn1nnnc1-c1cccc(NC(=O)NC2(CC(=O)N3CCC[C@@H](Cc4ccc(F)cc4)C3)CC2)c1. The summed E-state index contributed by atoms with van der Waals surface area (Å²) in [5.41, 5.74) is 2.01. The lowest BCUT2D eigenvalue weighted by Gasteiger charge is -2.34. The number of carbonyl (C=O) groups is 2. The maximum atomic E-state index is 13.2. The Hall–Kier alpha value is -3.82. The fourth-order valence-electron chi connectivity index (χ4n) is 4.92. The lowest BCUT2D eigenvalue weighted by atomic mass is 9.91. The van der Waals surface area contributed by atoms with E-state index >= 15 is 0 Å². The highest BCUT2D eigenvalue weighted by Crippen LogP contribution is 2.39. The van der Waals surface area contributed by atoms with Crippen LogP contribution in [0.3, 0.4) is 0 Å². The third kappa shape index (κ3) is 5.69. The Balaban J connectivity index is 1.14. The first-order valence-corrected chi connectivity index (χ1v) is 12.3. The second-order valence-electron chi connectivity index (χ2n) is 9.92. The second-order valence-corrected chi connectivity index (χ2v) is 9.92. The molecule has 9 nitrogen and oxygen atoms in total. The predicted octanol–water partition coefficient (Wildman–Crippen LogP) is 3.54. The maximum Gasteiger partial charge on any atom is 0.319 e. The molecule has 2 N–H and O–H groups in total. The van der Waals surface area contributed by atoms with Gasteiger partial charge >= 0.3 is 6.03 Å². The van der Waals surface area contributed by atoms with Gasteiger partial charge in [-0.25, -0.2) is 13.9 Å². The number of aryl methyl sites for hydroxylation is 1. The average Bonchev–Trinajstić information content (AvgIpc) is 3.46. The highest BCUT2D eigenvalue weighted by molar-refractivity contribution is 5.91. The second kappa shape index (κ2) is 10.0. The normalized spacial score (nSPS) is 18.5. The quantitative estimate of drug-likeness (QED) is 0.526. The number of carbonyl (C=O) groups excluding carboxylic acids is 2. The fourth-order valence-corrected chi connectivity index (χ4v) is 4.92. The third-order valence-electron chi connectivity index (χ3n) is 7.03. The number of nitrogens with zero attached hydrogens (tertiary/aromatic N) is 5. The van der Waals surface area contributed by atoms with E-state index in [1.54, 1.807) is 17.8 Å². The molecular formula is C26H30FN7O2. The van der Waals surface area contributed by atoms with Crippen LogP contribution in [-0.2, 0) is 18.3 Å². The molecule has 36 heavy (non-hydrogen) atoms. The van der Waals surface area contributed by atoms with Crippen LogP contribution in [0.2, 0.25) is 0 Å². The van der Waals surface area contributed by atoms with Gasteiger partial charge in [0.05, 0.1) is 5.54 Å². The van der Waals surface area contributed by atoms with Crippen LogP contribution in [0.15, 0.2) is 48.5 Å². The van der Waals surface area contributed by atoms with Gasteiger partial charge in [0, 0.05) is 37.8 Å². The van der Waals surface area contributed by atoms with Gasteiger partial charge in [-0.15, -0.1) is 5.10 Å². The predicted molar refractivity (Wildman–Crippen MR) is 132 cm³/mol. The van der Waals surface area contributed by atoms with Gasteiger partial charge in [0.1, 0.15) is 5.82 Å². The molecule has 0 spiro atoms. The first-order chi connectivity index (χ1) is 17.4. The minimum atomic E-state index is -0.490. The number of halogens is 1. The zero-order valence-electron chi connectivity index (χ0n) is 20.3. The van der Waals surface area contributed by atoms with Crippen LogP contribution < -0.4 is 10.6 Å². The highest BCUT2D eigenvalue weighted by atomic mass is 19.1. The summed E-state index contributed by atoms with van der Waals surface area (Å²) in [6.07, 6.45) is 4.70. The number of benzene rings is 2. The number of piperidine rings is 1. The van der Waals surface area contributed by atoms with Crippen LogP contribution in [0.4, 0.5) is 14.9 Å². The molecule has 0 bridgehead atoms. The van der Waals surface area contributed by atoms with Gasteiger partial charge in [0.15, 0.2) is 5.82 Å². The van der Waals surface area contributed by atoms with Gasteiger partial charge in [-0.3, -0.25) is 4.79 Å². The van der Waals surface area contributed by atoms with E-state index in [4.69, 9.17) is 0 Å². The summed E-state index contributed by atoms with van der Waals surface area (Å²) >= 11 is 0. The summed E-state index contributed by atoms with van der Waals surface area (Å²) in [5, 5.41) is 17.4. The van der Waals surface area contributed by atoms with E-state index in [-0.39, 0.29) is 17.8 Å². The summed E-state index contributed by atoms with van der Waals surface area (Å²) in [6.45, 7) is 1.44. The van der Waals surface area contributed by atoms with Crippen molar-refractivity contribution >= 4 is 17.6 Å². The van der Waals surface area contributed by atoms with E-state index in [1.165, 1.54) is 12.1 Å². The lowest BCUT2D eigenvalue weighted by molar-refractivity contribution is -0.133. The van der Waals surface area contributed by atoms with E-state index in [1.807, 2.05) is 35.2 Å². The standard InChI is InChI=1S/C26H30FN7O2/c1-33-24(30-31-32-33)20-5-2-6-22(15-20)28-25(36)29-26(11-12-26)16-23(35)34-13-3-4-19(17-34)14-18-7-9-21(27)10-8-18/h2,5-10,15,19H,3-4,11-14,16-17H2,1H3,(H2,28,29,36)/t19-/m0/s1. The summed E-state index contributed by atoms with van der Waals surface area (Å²) in [6, 6.07) is 13.6. The molecule has 3 aromatic rings. The Labute approximate surface area is 209 Å². The maximum absolute atomic E-state index is 13.2. The van der Waals surface area contributed by atoms with Crippen LogP contribution in [0.25, 0.3) is 11.4 Å². The number of anilines is 1. The molecule has 0 unspecified atom stereocenters. The summed E-state index contributed by atoms with van der Waals surface area (Å²) in [5.74, 6) is 0.799. The van der Waals surface area contributed by atoms with Crippen molar-refractivity contribution in [3.63, 3.8) is 0 Å². The van der Waals surface area contributed by atoms with E-state index in [9.17, 15) is 14.0 Å². The number of rotatable bonds is 7. The van der Waals surface area contributed by atoms with E-state index in [2.05, 4.69) is 26.2 Å². The number of aromatic nitrogens is 4. The molecule has 10 heteroatoms. The van der Waals surface area contributed by atoms with E-state index in [0.717, 1.165) is 49.8 Å². The molecule has 2 fully saturated rings. The van der Waals surface area contributed by atoms with Crippen LogP contribution in [-0.4, -0.2) is 55.7 Å². The van der Waals surface area contributed by atoms with Gasteiger partial charge in [-0.05, 0) is 78.3 Å². The van der Waals surface area contributed by atoms with Gasteiger partial charge < -0.3 is 15.5 Å². The zero-order chi connectivity index (χ0) is 25.1.